The van der Waals surface area contributed by atoms with Crippen molar-refractivity contribution >= 4 is 0 Å². The topological polar surface area (TPSA) is 27.7 Å². The van der Waals surface area contributed by atoms with E-state index >= 15 is 0 Å². The molecule has 0 heterocycles. The molecule has 98 valence electrons. The lowest BCUT2D eigenvalue weighted by Crippen LogP contribution is -2.40. The lowest BCUT2D eigenvalue weighted by Gasteiger charge is -2.36. The molecule has 0 radical (unpaired) electrons. The smallest absolute Gasteiger partial charge is 0.0866 e. The van der Waals surface area contributed by atoms with Gasteiger partial charge in [-0.15, -0.1) is 0 Å². The predicted octanol–water partition coefficient (Wildman–Crippen LogP) is 3.02. The maximum Gasteiger partial charge on any atom is 0.0866 e. The highest BCUT2D eigenvalue weighted by Crippen LogP contribution is 2.24. The van der Waals surface area contributed by atoms with E-state index in [0.29, 0.717) is 19.8 Å². The summed E-state index contributed by atoms with van der Waals surface area (Å²) in [4.78, 5) is 0. The fourth-order valence-corrected chi connectivity index (χ4v) is 1.89. The molecule has 0 aliphatic carbocycles. The third-order valence-corrected chi connectivity index (χ3v) is 2.29. The van der Waals surface area contributed by atoms with Crippen molar-refractivity contribution in [3.63, 3.8) is 0 Å². The van der Waals surface area contributed by atoms with Gasteiger partial charge in [-0.05, 0) is 34.1 Å². The Morgan fingerprint density at radius 3 is 2.06 bits per heavy atom. The molecule has 0 aliphatic heterocycles. The van der Waals surface area contributed by atoms with Gasteiger partial charge in [-0.3, -0.25) is 0 Å². The number of hydrogen-bond donors (Lipinski definition) is 0. The van der Waals surface area contributed by atoms with Crippen LogP contribution in [-0.4, -0.2) is 38.1 Å². The van der Waals surface area contributed by atoms with Crippen LogP contribution >= 0.6 is 0 Å². The average Bonchev–Trinajstić information content (AvgIpc) is 2.10. The molecule has 0 spiro atoms. The molecule has 0 unspecified atom stereocenters. The third-order valence-electron chi connectivity index (χ3n) is 2.29. The van der Waals surface area contributed by atoms with Crippen molar-refractivity contribution in [2.45, 2.75) is 58.7 Å². The van der Waals surface area contributed by atoms with E-state index in [1.807, 2.05) is 0 Å². The summed E-state index contributed by atoms with van der Waals surface area (Å²) in [7, 11) is 1.68. The second kappa shape index (κ2) is 7.25. The molecule has 0 atom stereocenters. The molecule has 0 aromatic carbocycles. The summed E-state index contributed by atoms with van der Waals surface area (Å²) in [6.45, 7) is 12.4. The van der Waals surface area contributed by atoms with Crippen LogP contribution in [0.1, 0.15) is 47.5 Å². The highest BCUT2D eigenvalue weighted by molar-refractivity contribution is 4.76. The summed E-state index contributed by atoms with van der Waals surface area (Å²) in [6, 6.07) is 0. The minimum atomic E-state index is -0.244. The highest BCUT2D eigenvalue weighted by Gasteiger charge is 2.28. The zero-order valence-corrected chi connectivity index (χ0v) is 11.8. The first-order valence-electron chi connectivity index (χ1n) is 6.10. The fraction of sp³-hybridized carbons (Fsp3) is 1.00. The second-order valence-corrected chi connectivity index (χ2v) is 5.42. The Labute approximate surface area is 100 Å². The molecule has 0 bridgehead atoms. The van der Waals surface area contributed by atoms with Crippen molar-refractivity contribution in [3.8, 4) is 0 Å². The summed E-state index contributed by atoms with van der Waals surface area (Å²) < 4.78 is 16.5. The molecule has 0 rings (SSSR count). The molecule has 0 aromatic rings. The Balaban J connectivity index is 3.93. The van der Waals surface area contributed by atoms with Crippen molar-refractivity contribution < 1.29 is 14.2 Å². The van der Waals surface area contributed by atoms with Crippen molar-refractivity contribution in [1.82, 2.24) is 0 Å². The van der Waals surface area contributed by atoms with E-state index in [0.717, 1.165) is 12.8 Å². The summed E-state index contributed by atoms with van der Waals surface area (Å²) in [6.07, 6.45) is 2.20. The SMILES string of the molecule is CCCC(C)(C)OC(C)(C)COCCOC. The Hall–Kier alpha value is -0.120. The molecule has 3 nitrogen and oxygen atoms in total. The Bertz CT molecular complexity index is 176. The summed E-state index contributed by atoms with van der Waals surface area (Å²) in [5.41, 5.74) is -0.324. The van der Waals surface area contributed by atoms with Gasteiger partial charge in [0.05, 0.1) is 31.0 Å². The van der Waals surface area contributed by atoms with Gasteiger partial charge >= 0.3 is 0 Å². The molecule has 0 fully saturated rings. The van der Waals surface area contributed by atoms with Crippen LogP contribution in [0.15, 0.2) is 0 Å². The van der Waals surface area contributed by atoms with Gasteiger partial charge in [0.25, 0.3) is 0 Å². The van der Waals surface area contributed by atoms with Crippen molar-refractivity contribution in [1.29, 1.82) is 0 Å². The van der Waals surface area contributed by atoms with Gasteiger partial charge in [0.1, 0.15) is 0 Å². The van der Waals surface area contributed by atoms with Gasteiger partial charge in [0, 0.05) is 7.11 Å². The molecule has 0 N–H and O–H groups in total. The summed E-state index contributed by atoms with van der Waals surface area (Å²) in [5.74, 6) is 0. The molecule has 0 aromatic heterocycles. The predicted molar refractivity (Wildman–Crippen MR) is 66.8 cm³/mol. The summed E-state index contributed by atoms with van der Waals surface area (Å²) >= 11 is 0. The van der Waals surface area contributed by atoms with Gasteiger partial charge in [0.15, 0.2) is 0 Å². The van der Waals surface area contributed by atoms with Crippen molar-refractivity contribution in [2.24, 2.45) is 0 Å². The largest absolute Gasteiger partial charge is 0.382 e. The molecule has 0 saturated heterocycles. The Morgan fingerprint density at radius 2 is 1.56 bits per heavy atom. The van der Waals surface area contributed by atoms with Gasteiger partial charge in [-0.25, -0.2) is 0 Å². The van der Waals surface area contributed by atoms with Crippen molar-refractivity contribution in [2.75, 3.05) is 26.9 Å². The fourth-order valence-electron chi connectivity index (χ4n) is 1.89. The van der Waals surface area contributed by atoms with Crippen LogP contribution in [0.4, 0.5) is 0 Å². The second-order valence-electron chi connectivity index (χ2n) is 5.42. The average molecular weight is 232 g/mol. The van der Waals surface area contributed by atoms with E-state index in [1.165, 1.54) is 0 Å². The van der Waals surface area contributed by atoms with E-state index in [9.17, 15) is 0 Å². The minimum absolute atomic E-state index is 0.0805. The van der Waals surface area contributed by atoms with Crippen LogP contribution in [0.3, 0.4) is 0 Å². The Kier molecular flexibility index (Phi) is 7.20. The molecule has 0 amide bonds. The zero-order chi connectivity index (χ0) is 12.7. The first-order valence-corrected chi connectivity index (χ1v) is 6.10. The van der Waals surface area contributed by atoms with E-state index in [-0.39, 0.29) is 11.2 Å². The van der Waals surface area contributed by atoms with Crippen LogP contribution < -0.4 is 0 Å². The van der Waals surface area contributed by atoms with E-state index < -0.39 is 0 Å². The molecule has 3 heteroatoms. The van der Waals surface area contributed by atoms with Gasteiger partial charge < -0.3 is 14.2 Å². The molecular formula is C13H28O3. The summed E-state index contributed by atoms with van der Waals surface area (Å²) in [5, 5.41) is 0. The standard InChI is InChI=1S/C13H28O3/c1-7-8-12(2,3)16-13(4,5)11-15-10-9-14-6/h7-11H2,1-6H3. The van der Waals surface area contributed by atoms with Crippen LogP contribution in [-0.2, 0) is 14.2 Å². The first-order chi connectivity index (χ1) is 7.33. The monoisotopic (exact) mass is 232 g/mol. The number of hydrogen-bond acceptors (Lipinski definition) is 3. The minimum Gasteiger partial charge on any atom is -0.382 e. The van der Waals surface area contributed by atoms with Crippen molar-refractivity contribution in [3.05, 3.63) is 0 Å². The lowest BCUT2D eigenvalue weighted by molar-refractivity contribution is -0.155. The third kappa shape index (κ3) is 8.08. The van der Waals surface area contributed by atoms with E-state index in [1.54, 1.807) is 7.11 Å². The number of methoxy groups -OCH3 is 1. The molecule has 0 aliphatic rings. The maximum atomic E-state index is 6.08. The molecule has 0 saturated carbocycles. The quantitative estimate of drug-likeness (QED) is 0.572. The highest BCUT2D eigenvalue weighted by atomic mass is 16.6. The van der Waals surface area contributed by atoms with Crippen LogP contribution in [0.5, 0.6) is 0 Å². The van der Waals surface area contributed by atoms with Gasteiger partial charge in [-0.1, -0.05) is 13.3 Å². The maximum absolute atomic E-state index is 6.08. The van der Waals surface area contributed by atoms with Gasteiger partial charge in [0.2, 0.25) is 0 Å². The van der Waals surface area contributed by atoms with Crippen LogP contribution in [0.25, 0.3) is 0 Å². The number of ether oxygens (including phenoxy) is 3. The normalized spacial score (nSPS) is 13.1. The Morgan fingerprint density at radius 1 is 0.938 bits per heavy atom. The number of rotatable bonds is 9. The lowest BCUT2D eigenvalue weighted by atomic mass is 10.0. The van der Waals surface area contributed by atoms with Crippen LogP contribution in [0.2, 0.25) is 0 Å². The van der Waals surface area contributed by atoms with E-state index in [4.69, 9.17) is 14.2 Å². The van der Waals surface area contributed by atoms with E-state index in [2.05, 4.69) is 34.6 Å². The zero-order valence-electron chi connectivity index (χ0n) is 11.8. The van der Waals surface area contributed by atoms with Crippen LogP contribution in [0, 0.1) is 0 Å². The molecule has 16 heavy (non-hydrogen) atoms. The van der Waals surface area contributed by atoms with Gasteiger partial charge in [-0.2, -0.15) is 0 Å². The molecular weight excluding hydrogens is 204 g/mol. The first kappa shape index (κ1) is 15.9.